The molecule has 0 bridgehead atoms. The lowest BCUT2D eigenvalue weighted by molar-refractivity contribution is -0.141. The second-order valence-corrected chi connectivity index (χ2v) is 5.89. The van der Waals surface area contributed by atoms with Gasteiger partial charge in [0, 0.05) is 24.7 Å². The summed E-state index contributed by atoms with van der Waals surface area (Å²) in [6.07, 6.45) is -8.46. The molecule has 26 heavy (non-hydrogen) atoms. The third-order valence-electron chi connectivity index (χ3n) is 3.07. The molecular weight excluding hydrogens is 388 g/mol. The Labute approximate surface area is 144 Å². The Morgan fingerprint density at radius 3 is 2.31 bits per heavy atom. The zero-order valence-corrected chi connectivity index (χ0v) is 13.4. The third kappa shape index (κ3) is 3.47. The number of nitrogens with zero attached hydrogens (tertiary/aromatic N) is 5. The van der Waals surface area contributed by atoms with Crippen molar-refractivity contribution < 1.29 is 31.4 Å². The van der Waals surface area contributed by atoms with Crippen LogP contribution in [0, 0.1) is 0 Å². The minimum atomic E-state index is -4.79. The Balaban J connectivity index is 2.12. The molecule has 0 spiro atoms. The average molecular weight is 395 g/mol. The Kier molecular flexibility index (Phi) is 4.13. The molecule has 138 valence electrons. The molecule has 0 aliphatic rings. The van der Waals surface area contributed by atoms with Crippen molar-refractivity contribution in [3.05, 3.63) is 29.0 Å². The van der Waals surface area contributed by atoms with Crippen molar-refractivity contribution >= 4 is 11.3 Å². The van der Waals surface area contributed by atoms with E-state index in [2.05, 4.69) is 20.1 Å². The van der Waals surface area contributed by atoms with Gasteiger partial charge in [0.2, 0.25) is 5.88 Å². The molecule has 0 amide bonds. The molecule has 0 saturated carbocycles. The van der Waals surface area contributed by atoms with Crippen molar-refractivity contribution in [1.82, 2.24) is 24.7 Å². The molecule has 3 aromatic rings. The fourth-order valence-corrected chi connectivity index (χ4v) is 2.82. The Morgan fingerprint density at radius 2 is 1.73 bits per heavy atom. The van der Waals surface area contributed by atoms with Crippen molar-refractivity contribution in [2.45, 2.75) is 12.4 Å². The van der Waals surface area contributed by atoms with E-state index in [-0.39, 0.29) is 10.7 Å². The summed E-state index contributed by atoms with van der Waals surface area (Å²) in [4.78, 5) is 10.7. The number of aromatic hydroxyl groups is 1. The van der Waals surface area contributed by atoms with E-state index in [9.17, 15) is 31.4 Å². The Hall–Kier alpha value is -2.70. The number of hydrogen-bond donors (Lipinski definition) is 1. The lowest BCUT2D eigenvalue weighted by Gasteiger charge is -2.07. The topological polar surface area (TPSA) is 76.7 Å². The molecule has 3 aromatic heterocycles. The zero-order chi connectivity index (χ0) is 19.3. The maximum atomic E-state index is 13.1. The van der Waals surface area contributed by atoms with E-state index in [1.54, 1.807) is 0 Å². The highest BCUT2D eigenvalue weighted by Gasteiger charge is 2.38. The first-order chi connectivity index (χ1) is 11.9. The highest BCUT2D eigenvalue weighted by molar-refractivity contribution is 7.13. The SMILES string of the molecule is Cn1cc(-c2cc(O)nc(-c3nc(C(F)(F)F)cs3)n2)c(C(F)(F)F)n1. The van der Waals surface area contributed by atoms with E-state index < -0.39 is 41.0 Å². The van der Waals surface area contributed by atoms with Crippen molar-refractivity contribution in [3.8, 4) is 28.0 Å². The predicted octanol–water partition coefficient (Wildman–Crippen LogP) is 3.74. The number of aromatic nitrogens is 5. The molecule has 13 heteroatoms. The second-order valence-electron chi connectivity index (χ2n) is 5.03. The maximum Gasteiger partial charge on any atom is 0.435 e. The van der Waals surface area contributed by atoms with E-state index >= 15 is 0 Å². The van der Waals surface area contributed by atoms with Gasteiger partial charge in [0.1, 0.15) is 0 Å². The summed E-state index contributed by atoms with van der Waals surface area (Å²) in [6.45, 7) is 0. The summed E-state index contributed by atoms with van der Waals surface area (Å²) in [5, 5.41) is 13.4. The Bertz CT molecular complexity index is 961. The van der Waals surface area contributed by atoms with Gasteiger partial charge in [-0.1, -0.05) is 0 Å². The minimum Gasteiger partial charge on any atom is -0.493 e. The molecule has 0 saturated heterocycles. The first kappa shape index (κ1) is 18.1. The van der Waals surface area contributed by atoms with Gasteiger partial charge in [-0.05, 0) is 0 Å². The van der Waals surface area contributed by atoms with Crippen LogP contribution in [0.2, 0.25) is 0 Å². The number of alkyl halides is 6. The van der Waals surface area contributed by atoms with Crippen LogP contribution in [-0.4, -0.2) is 29.8 Å². The van der Waals surface area contributed by atoms with Crippen molar-refractivity contribution in [2.75, 3.05) is 0 Å². The summed E-state index contributed by atoms with van der Waals surface area (Å²) in [6, 6.07) is 0.855. The fraction of sp³-hybridized carbons (Fsp3) is 0.231. The van der Waals surface area contributed by atoms with Crippen LogP contribution in [-0.2, 0) is 19.4 Å². The number of rotatable bonds is 2. The van der Waals surface area contributed by atoms with Gasteiger partial charge < -0.3 is 5.11 Å². The summed E-state index contributed by atoms with van der Waals surface area (Å²) in [5.74, 6) is -1.15. The smallest absolute Gasteiger partial charge is 0.435 e. The van der Waals surface area contributed by atoms with Gasteiger partial charge in [-0.15, -0.1) is 11.3 Å². The van der Waals surface area contributed by atoms with Gasteiger partial charge >= 0.3 is 12.4 Å². The Morgan fingerprint density at radius 1 is 1.04 bits per heavy atom. The predicted molar refractivity (Wildman–Crippen MR) is 77.0 cm³/mol. The lowest BCUT2D eigenvalue weighted by atomic mass is 10.1. The van der Waals surface area contributed by atoms with E-state index in [0.717, 1.165) is 16.9 Å². The van der Waals surface area contributed by atoms with Gasteiger partial charge in [0.05, 0.1) is 11.3 Å². The molecule has 0 fully saturated rings. The molecule has 3 rings (SSSR count). The first-order valence-corrected chi connectivity index (χ1v) is 7.55. The van der Waals surface area contributed by atoms with Crippen LogP contribution in [0.25, 0.3) is 22.1 Å². The number of thiazole rings is 1. The summed E-state index contributed by atoms with van der Waals surface area (Å²) in [7, 11) is 1.26. The van der Waals surface area contributed by atoms with Crippen LogP contribution in [0.5, 0.6) is 5.88 Å². The molecule has 0 radical (unpaired) electrons. The average Bonchev–Trinajstić information content (AvgIpc) is 3.12. The molecule has 0 atom stereocenters. The van der Waals surface area contributed by atoms with E-state index in [4.69, 9.17) is 0 Å². The lowest BCUT2D eigenvalue weighted by Crippen LogP contribution is -2.08. The molecule has 0 aromatic carbocycles. The first-order valence-electron chi connectivity index (χ1n) is 6.67. The summed E-state index contributed by atoms with van der Waals surface area (Å²) >= 11 is 0.547. The molecule has 0 unspecified atom stereocenters. The monoisotopic (exact) mass is 395 g/mol. The van der Waals surface area contributed by atoms with E-state index in [0.29, 0.717) is 16.7 Å². The van der Waals surface area contributed by atoms with Gasteiger partial charge in [-0.3, -0.25) is 4.68 Å². The van der Waals surface area contributed by atoms with Crippen LogP contribution >= 0.6 is 11.3 Å². The largest absolute Gasteiger partial charge is 0.493 e. The summed E-state index contributed by atoms with van der Waals surface area (Å²) in [5.41, 5.74) is -3.24. The number of halogens is 6. The van der Waals surface area contributed by atoms with Crippen LogP contribution < -0.4 is 0 Å². The van der Waals surface area contributed by atoms with Crippen molar-refractivity contribution in [1.29, 1.82) is 0 Å². The van der Waals surface area contributed by atoms with E-state index in [1.807, 2.05) is 0 Å². The number of aryl methyl sites for hydroxylation is 1. The van der Waals surface area contributed by atoms with Crippen LogP contribution in [0.1, 0.15) is 11.4 Å². The standard InChI is InChI=1S/C13H7F6N5OS/c1-24-3-5(9(23-24)13(17,18)19)6-2-8(25)22-10(20-6)11-21-7(4-26-11)12(14,15)16/h2-4H,1H3,(H,20,22,25). The van der Waals surface area contributed by atoms with Gasteiger partial charge in [0.15, 0.2) is 22.2 Å². The molecular formula is C13H7F6N5OS. The van der Waals surface area contributed by atoms with Crippen LogP contribution in [0.4, 0.5) is 26.3 Å². The van der Waals surface area contributed by atoms with Crippen LogP contribution in [0.3, 0.4) is 0 Å². The van der Waals surface area contributed by atoms with Crippen LogP contribution in [0.15, 0.2) is 17.6 Å². The highest BCUT2D eigenvalue weighted by Crippen LogP contribution is 2.37. The molecule has 0 aliphatic heterocycles. The summed E-state index contributed by atoms with van der Waals surface area (Å²) < 4.78 is 78.1. The van der Waals surface area contributed by atoms with Gasteiger partial charge in [-0.25, -0.2) is 9.97 Å². The minimum absolute atomic E-state index is 0.299. The highest BCUT2D eigenvalue weighted by atomic mass is 32.1. The quantitative estimate of drug-likeness (QED) is 0.669. The molecule has 3 heterocycles. The second kappa shape index (κ2) is 5.93. The maximum absolute atomic E-state index is 13.1. The van der Waals surface area contributed by atoms with E-state index in [1.165, 1.54) is 7.05 Å². The molecule has 1 N–H and O–H groups in total. The molecule has 6 nitrogen and oxygen atoms in total. The molecule has 0 aliphatic carbocycles. The number of hydrogen-bond acceptors (Lipinski definition) is 6. The van der Waals surface area contributed by atoms with Crippen molar-refractivity contribution in [2.24, 2.45) is 7.05 Å². The zero-order valence-electron chi connectivity index (χ0n) is 12.6. The van der Waals surface area contributed by atoms with Gasteiger partial charge in [0.25, 0.3) is 0 Å². The fourth-order valence-electron chi connectivity index (χ4n) is 2.06. The van der Waals surface area contributed by atoms with Crippen molar-refractivity contribution in [3.63, 3.8) is 0 Å². The van der Waals surface area contributed by atoms with Gasteiger partial charge in [-0.2, -0.15) is 36.4 Å². The third-order valence-corrected chi connectivity index (χ3v) is 3.91. The normalized spacial score (nSPS) is 12.6.